The van der Waals surface area contributed by atoms with Crippen LogP contribution in [0.25, 0.3) is 0 Å². The third-order valence-corrected chi connectivity index (χ3v) is 2.15. The van der Waals surface area contributed by atoms with E-state index in [-0.39, 0.29) is 0 Å². The Bertz CT molecular complexity index is 187. The molecule has 1 fully saturated rings. The Balaban J connectivity index is 2.23. The molecule has 0 heterocycles. The molecule has 1 aliphatic carbocycles. The highest BCUT2D eigenvalue weighted by Crippen LogP contribution is 2.26. The number of hydrogen-bond acceptors (Lipinski definition) is 2. The molecule has 0 aliphatic heterocycles. The Labute approximate surface area is 74.5 Å². The lowest BCUT2D eigenvalue weighted by molar-refractivity contribution is 0.299. The molecular formula is C10H16N2. The highest BCUT2D eigenvalue weighted by molar-refractivity contribution is 4.91. The Morgan fingerprint density at radius 2 is 2.33 bits per heavy atom. The van der Waals surface area contributed by atoms with Crippen LogP contribution in [-0.2, 0) is 0 Å². The van der Waals surface area contributed by atoms with Crippen LogP contribution in [0.15, 0.2) is 12.2 Å². The Morgan fingerprint density at radius 1 is 1.58 bits per heavy atom. The molecule has 0 aromatic heterocycles. The van der Waals surface area contributed by atoms with Gasteiger partial charge in [0.15, 0.2) is 0 Å². The molecular weight excluding hydrogens is 148 g/mol. The monoisotopic (exact) mass is 164 g/mol. The topological polar surface area (TPSA) is 27.0 Å². The van der Waals surface area contributed by atoms with Crippen LogP contribution in [0, 0.1) is 11.3 Å². The maximum atomic E-state index is 8.45. The molecule has 1 rings (SSSR count). The van der Waals surface area contributed by atoms with Crippen molar-refractivity contribution in [2.24, 2.45) is 0 Å². The molecule has 0 radical (unpaired) electrons. The van der Waals surface area contributed by atoms with E-state index in [1.54, 1.807) is 0 Å². The smallest absolute Gasteiger partial charge is 0.0635 e. The van der Waals surface area contributed by atoms with Crippen LogP contribution >= 0.6 is 0 Å². The SMILES string of the molecule is CC=CCN(CCC#N)C1CC1. The van der Waals surface area contributed by atoms with E-state index in [4.69, 9.17) is 5.26 Å². The minimum absolute atomic E-state index is 0.661. The zero-order valence-electron chi connectivity index (χ0n) is 7.66. The van der Waals surface area contributed by atoms with Crippen molar-refractivity contribution in [2.45, 2.75) is 32.2 Å². The van der Waals surface area contributed by atoms with Gasteiger partial charge in [0, 0.05) is 25.6 Å². The fourth-order valence-corrected chi connectivity index (χ4v) is 1.30. The van der Waals surface area contributed by atoms with Crippen LogP contribution in [-0.4, -0.2) is 24.0 Å². The van der Waals surface area contributed by atoms with Gasteiger partial charge < -0.3 is 0 Å². The van der Waals surface area contributed by atoms with E-state index in [0.29, 0.717) is 6.42 Å². The van der Waals surface area contributed by atoms with Crippen molar-refractivity contribution in [3.05, 3.63) is 12.2 Å². The molecule has 0 unspecified atom stereocenters. The molecule has 66 valence electrons. The quantitative estimate of drug-likeness (QED) is 0.581. The van der Waals surface area contributed by atoms with Crippen LogP contribution in [0.4, 0.5) is 0 Å². The van der Waals surface area contributed by atoms with Crippen LogP contribution in [0.1, 0.15) is 26.2 Å². The van der Waals surface area contributed by atoms with Gasteiger partial charge >= 0.3 is 0 Å². The average molecular weight is 164 g/mol. The van der Waals surface area contributed by atoms with Crippen molar-refractivity contribution in [2.75, 3.05) is 13.1 Å². The molecule has 0 spiro atoms. The van der Waals surface area contributed by atoms with Gasteiger partial charge in [-0.25, -0.2) is 0 Å². The maximum Gasteiger partial charge on any atom is 0.0635 e. The van der Waals surface area contributed by atoms with Gasteiger partial charge in [0.25, 0.3) is 0 Å². The Morgan fingerprint density at radius 3 is 2.83 bits per heavy atom. The largest absolute Gasteiger partial charge is 0.296 e. The van der Waals surface area contributed by atoms with E-state index < -0.39 is 0 Å². The molecule has 0 aromatic carbocycles. The minimum Gasteiger partial charge on any atom is -0.296 e. The summed E-state index contributed by atoms with van der Waals surface area (Å²) in [6.45, 7) is 3.99. The Kier molecular flexibility index (Phi) is 3.83. The highest BCUT2D eigenvalue weighted by atomic mass is 15.2. The molecule has 2 nitrogen and oxygen atoms in total. The average Bonchev–Trinajstić information content (AvgIpc) is 2.88. The molecule has 2 heteroatoms. The second-order valence-electron chi connectivity index (χ2n) is 3.20. The highest BCUT2D eigenvalue weighted by Gasteiger charge is 2.27. The van der Waals surface area contributed by atoms with Crippen LogP contribution in [0.5, 0.6) is 0 Å². The summed E-state index contributed by atoms with van der Waals surface area (Å²) in [6, 6.07) is 2.96. The fourth-order valence-electron chi connectivity index (χ4n) is 1.30. The number of hydrogen-bond donors (Lipinski definition) is 0. The van der Waals surface area contributed by atoms with E-state index in [1.807, 2.05) is 6.92 Å². The number of nitrogens with zero attached hydrogens (tertiary/aromatic N) is 2. The van der Waals surface area contributed by atoms with Crippen molar-refractivity contribution < 1.29 is 0 Å². The van der Waals surface area contributed by atoms with Crippen molar-refractivity contribution in [3.8, 4) is 6.07 Å². The summed E-state index contributed by atoms with van der Waals surface area (Å²) in [5.74, 6) is 0. The van der Waals surface area contributed by atoms with Crippen molar-refractivity contribution >= 4 is 0 Å². The summed E-state index contributed by atoms with van der Waals surface area (Å²) in [5, 5.41) is 8.45. The first-order chi connectivity index (χ1) is 5.88. The Hall–Kier alpha value is -0.810. The van der Waals surface area contributed by atoms with Gasteiger partial charge in [0.2, 0.25) is 0 Å². The van der Waals surface area contributed by atoms with E-state index >= 15 is 0 Å². The molecule has 1 saturated carbocycles. The molecule has 0 saturated heterocycles. The van der Waals surface area contributed by atoms with Gasteiger partial charge in [-0.3, -0.25) is 4.90 Å². The zero-order chi connectivity index (χ0) is 8.81. The molecule has 0 atom stereocenters. The molecule has 0 aromatic rings. The zero-order valence-corrected chi connectivity index (χ0v) is 7.66. The predicted octanol–water partition coefficient (Wildman–Crippen LogP) is 1.94. The van der Waals surface area contributed by atoms with Crippen LogP contribution in [0.3, 0.4) is 0 Å². The fraction of sp³-hybridized carbons (Fsp3) is 0.700. The van der Waals surface area contributed by atoms with E-state index in [1.165, 1.54) is 12.8 Å². The summed E-state index contributed by atoms with van der Waals surface area (Å²) in [7, 11) is 0. The predicted molar refractivity (Wildman–Crippen MR) is 49.6 cm³/mol. The molecule has 0 bridgehead atoms. The summed E-state index contributed by atoms with van der Waals surface area (Å²) in [6.07, 6.45) is 7.54. The first kappa shape index (κ1) is 9.28. The van der Waals surface area contributed by atoms with E-state index in [2.05, 4.69) is 23.1 Å². The summed E-state index contributed by atoms with van der Waals surface area (Å²) in [4.78, 5) is 2.39. The second kappa shape index (κ2) is 4.95. The first-order valence-corrected chi connectivity index (χ1v) is 4.60. The van der Waals surface area contributed by atoms with Gasteiger partial charge in [-0.2, -0.15) is 5.26 Å². The maximum absolute atomic E-state index is 8.45. The lowest BCUT2D eigenvalue weighted by Crippen LogP contribution is -2.27. The van der Waals surface area contributed by atoms with E-state index in [0.717, 1.165) is 19.1 Å². The van der Waals surface area contributed by atoms with Crippen molar-refractivity contribution in [1.82, 2.24) is 4.90 Å². The van der Waals surface area contributed by atoms with Gasteiger partial charge in [-0.1, -0.05) is 12.2 Å². The standard InChI is InChI=1S/C10H16N2/c1-2-3-8-12(9-4-7-11)10-5-6-10/h2-3,10H,4-6,8-9H2,1H3. The molecule has 1 aliphatic rings. The normalized spacial score (nSPS) is 17.1. The van der Waals surface area contributed by atoms with Gasteiger partial charge in [-0.05, 0) is 19.8 Å². The van der Waals surface area contributed by atoms with Gasteiger partial charge in [0.1, 0.15) is 0 Å². The van der Waals surface area contributed by atoms with Crippen LogP contribution in [0.2, 0.25) is 0 Å². The second-order valence-corrected chi connectivity index (χ2v) is 3.20. The van der Waals surface area contributed by atoms with Gasteiger partial charge in [0.05, 0.1) is 6.07 Å². The molecule has 0 amide bonds. The van der Waals surface area contributed by atoms with Gasteiger partial charge in [-0.15, -0.1) is 0 Å². The molecule has 0 N–H and O–H groups in total. The number of rotatable bonds is 5. The number of nitriles is 1. The van der Waals surface area contributed by atoms with E-state index in [9.17, 15) is 0 Å². The van der Waals surface area contributed by atoms with Crippen molar-refractivity contribution in [1.29, 1.82) is 5.26 Å². The number of allylic oxidation sites excluding steroid dienone is 1. The summed E-state index contributed by atoms with van der Waals surface area (Å²) >= 11 is 0. The lowest BCUT2D eigenvalue weighted by Gasteiger charge is -2.17. The van der Waals surface area contributed by atoms with Crippen molar-refractivity contribution in [3.63, 3.8) is 0 Å². The van der Waals surface area contributed by atoms with Crippen LogP contribution < -0.4 is 0 Å². The first-order valence-electron chi connectivity index (χ1n) is 4.60. The lowest BCUT2D eigenvalue weighted by atomic mass is 10.3. The summed E-state index contributed by atoms with van der Waals surface area (Å²) in [5.41, 5.74) is 0. The minimum atomic E-state index is 0.661. The summed E-state index contributed by atoms with van der Waals surface area (Å²) < 4.78 is 0. The molecule has 12 heavy (non-hydrogen) atoms. The third kappa shape index (κ3) is 3.06. The third-order valence-electron chi connectivity index (χ3n) is 2.15.